The third kappa shape index (κ3) is 3.92. The summed E-state index contributed by atoms with van der Waals surface area (Å²) in [6.07, 6.45) is 2.91. The van der Waals surface area contributed by atoms with Crippen molar-refractivity contribution in [3.05, 3.63) is 76.3 Å². The number of aromatic nitrogens is 2. The van der Waals surface area contributed by atoms with Crippen molar-refractivity contribution in [2.24, 2.45) is 0 Å². The number of ether oxygens (including phenoxy) is 2. The van der Waals surface area contributed by atoms with Gasteiger partial charge in [-0.05, 0) is 24.3 Å². The molecule has 6 nitrogen and oxygen atoms in total. The van der Waals surface area contributed by atoms with Gasteiger partial charge in [0, 0.05) is 11.6 Å². The number of nitrogens with one attached hydrogen (secondary N) is 1. The van der Waals surface area contributed by atoms with E-state index in [4.69, 9.17) is 9.47 Å². The van der Waals surface area contributed by atoms with Crippen LogP contribution in [0.25, 0.3) is 17.0 Å². The average Bonchev–Trinajstić information content (AvgIpc) is 2.65. The first-order chi connectivity index (χ1) is 12.2. The second-order valence-electron chi connectivity index (χ2n) is 5.21. The number of hydrogen-bond donors (Lipinski definition) is 1. The van der Waals surface area contributed by atoms with Crippen LogP contribution >= 0.6 is 0 Å². The molecular formula is C19H16N2O4. The third-order valence-corrected chi connectivity index (χ3v) is 3.55. The number of benzene rings is 2. The highest BCUT2D eigenvalue weighted by molar-refractivity contribution is 5.87. The number of nitrogens with zero attached hydrogens (tertiary/aromatic N) is 1. The van der Waals surface area contributed by atoms with Gasteiger partial charge >= 0.3 is 5.97 Å². The van der Waals surface area contributed by atoms with Gasteiger partial charge in [-0.2, -0.15) is 0 Å². The minimum Gasteiger partial charge on any atom is -0.496 e. The van der Waals surface area contributed by atoms with Crippen molar-refractivity contribution in [3.8, 4) is 5.75 Å². The van der Waals surface area contributed by atoms with Crippen LogP contribution in [0.1, 0.15) is 11.4 Å². The summed E-state index contributed by atoms with van der Waals surface area (Å²) in [5.41, 5.74) is 1.06. The highest BCUT2D eigenvalue weighted by atomic mass is 16.5. The molecule has 1 aromatic heterocycles. The van der Waals surface area contributed by atoms with Gasteiger partial charge in [-0.3, -0.25) is 4.79 Å². The molecule has 0 spiro atoms. The molecule has 0 saturated carbocycles. The number of esters is 1. The van der Waals surface area contributed by atoms with Crippen LogP contribution < -0.4 is 10.3 Å². The van der Waals surface area contributed by atoms with E-state index < -0.39 is 5.97 Å². The first-order valence-corrected chi connectivity index (χ1v) is 7.63. The molecule has 1 heterocycles. The van der Waals surface area contributed by atoms with E-state index in [-0.39, 0.29) is 12.2 Å². The molecule has 126 valence electrons. The van der Waals surface area contributed by atoms with Crippen molar-refractivity contribution in [1.29, 1.82) is 0 Å². The van der Waals surface area contributed by atoms with Crippen LogP contribution in [-0.4, -0.2) is 23.0 Å². The Morgan fingerprint density at radius 3 is 2.76 bits per heavy atom. The van der Waals surface area contributed by atoms with Gasteiger partial charge in [0.25, 0.3) is 5.56 Å². The van der Waals surface area contributed by atoms with Crippen LogP contribution in [0.5, 0.6) is 5.75 Å². The highest BCUT2D eigenvalue weighted by Gasteiger charge is 2.06. The third-order valence-electron chi connectivity index (χ3n) is 3.55. The Kier molecular flexibility index (Phi) is 4.89. The predicted molar refractivity (Wildman–Crippen MR) is 94.2 cm³/mol. The number of aromatic amines is 1. The summed E-state index contributed by atoms with van der Waals surface area (Å²) in [4.78, 5) is 30.7. The molecule has 0 radical (unpaired) electrons. The number of fused-ring (bicyclic) bond motifs is 1. The van der Waals surface area contributed by atoms with Crippen molar-refractivity contribution in [3.63, 3.8) is 0 Å². The van der Waals surface area contributed by atoms with E-state index in [9.17, 15) is 9.59 Å². The van der Waals surface area contributed by atoms with Gasteiger partial charge in [-0.1, -0.05) is 30.3 Å². The maximum absolute atomic E-state index is 12.0. The SMILES string of the molecule is COc1ccccc1/C=C/C(=O)OCc1nc2ccccc2c(=O)[nH]1. The van der Waals surface area contributed by atoms with E-state index in [1.807, 2.05) is 18.2 Å². The number of hydrogen-bond acceptors (Lipinski definition) is 5. The second-order valence-corrected chi connectivity index (χ2v) is 5.21. The number of H-pyrrole nitrogens is 1. The Labute approximate surface area is 143 Å². The summed E-state index contributed by atoms with van der Waals surface area (Å²) in [6, 6.07) is 14.3. The topological polar surface area (TPSA) is 81.3 Å². The Hall–Kier alpha value is -3.41. The van der Waals surface area contributed by atoms with Crippen molar-refractivity contribution in [2.45, 2.75) is 6.61 Å². The maximum atomic E-state index is 12.0. The lowest BCUT2D eigenvalue weighted by atomic mass is 10.2. The molecule has 3 rings (SSSR count). The smallest absolute Gasteiger partial charge is 0.331 e. The summed E-state index contributed by atoms with van der Waals surface area (Å²) in [6.45, 7) is -0.116. The summed E-state index contributed by atoms with van der Waals surface area (Å²) >= 11 is 0. The number of para-hydroxylation sites is 2. The van der Waals surface area contributed by atoms with E-state index >= 15 is 0 Å². The summed E-state index contributed by atoms with van der Waals surface area (Å²) in [7, 11) is 1.56. The first kappa shape index (κ1) is 16.4. The Balaban J connectivity index is 1.68. The number of methoxy groups -OCH3 is 1. The first-order valence-electron chi connectivity index (χ1n) is 7.63. The van der Waals surface area contributed by atoms with Crippen LogP contribution in [0.3, 0.4) is 0 Å². The zero-order valence-corrected chi connectivity index (χ0v) is 13.6. The lowest BCUT2D eigenvalue weighted by molar-refractivity contribution is -0.139. The molecule has 0 aliphatic rings. The molecule has 0 unspecified atom stereocenters. The van der Waals surface area contributed by atoms with Gasteiger partial charge in [0.1, 0.15) is 18.2 Å². The normalized spacial score (nSPS) is 10.9. The standard InChI is InChI=1S/C19H16N2O4/c1-24-16-9-5-2-6-13(16)10-11-18(22)25-12-17-20-15-8-4-3-7-14(15)19(23)21-17/h2-11H,12H2,1H3,(H,20,21,23)/b11-10+. The fourth-order valence-electron chi connectivity index (χ4n) is 2.35. The monoisotopic (exact) mass is 336 g/mol. The Morgan fingerprint density at radius 2 is 1.92 bits per heavy atom. The van der Waals surface area contributed by atoms with Crippen LogP contribution in [-0.2, 0) is 16.1 Å². The average molecular weight is 336 g/mol. The molecule has 0 saturated heterocycles. The molecule has 0 amide bonds. The minimum absolute atomic E-state index is 0.116. The van der Waals surface area contributed by atoms with Crippen LogP contribution in [0.4, 0.5) is 0 Å². The van der Waals surface area contributed by atoms with Crippen molar-refractivity contribution < 1.29 is 14.3 Å². The van der Waals surface area contributed by atoms with E-state index in [0.717, 1.165) is 5.56 Å². The van der Waals surface area contributed by atoms with Gasteiger partial charge in [0.2, 0.25) is 0 Å². The van der Waals surface area contributed by atoms with Gasteiger partial charge in [0.05, 0.1) is 18.0 Å². The van der Waals surface area contributed by atoms with Crippen LogP contribution in [0.15, 0.2) is 59.4 Å². The van der Waals surface area contributed by atoms with Crippen molar-refractivity contribution >= 4 is 22.9 Å². The Bertz CT molecular complexity index is 992. The van der Waals surface area contributed by atoms with Gasteiger partial charge in [-0.25, -0.2) is 9.78 Å². The van der Waals surface area contributed by atoms with Gasteiger partial charge in [-0.15, -0.1) is 0 Å². The fourth-order valence-corrected chi connectivity index (χ4v) is 2.35. The molecule has 0 bridgehead atoms. The predicted octanol–water partition coefficient (Wildman–Crippen LogP) is 2.69. The lowest BCUT2D eigenvalue weighted by Crippen LogP contribution is -2.13. The molecule has 3 aromatic rings. The molecule has 0 atom stereocenters. The van der Waals surface area contributed by atoms with Crippen molar-refractivity contribution in [2.75, 3.05) is 7.11 Å². The van der Waals surface area contributed by atoms with E-state index in [2.05, 4.69) is 9.97 Å². The number of rotatable bonds is 5. The largest absolute Gasteiger partial charge is 0.496 e. The molecule has 0 aliphatic heterocycles. The van der Waals surface area contributed by atoms with Gasteiger partial charge in [0.15, 0.2) is 0 Å². The quantitative estimate of drug-likeness (QED) is 0.572. The van der Waals surface area contributed by atoms with Crippen molar-refractivity contribution in [1.82, 2.24) is 9.97 Å². The Morgan fingerprint density at radius 1 is 1.16 bits per heavy atom. The van der Waals surface area contributed by atoms with Crippen LogP contribution in [0.2, 0.25) is 0 Å². The summed E-state index contributed by atoms with van der Waals surface area (Å²) < 4.78 is 10.3. The number of carbonyl (C=O) groups is 1. The van der Waals surface area contributed by atoms with E-state index in [1.165, 1.54) is 6.08 Å². The second kappa shape index (κ2) is 7.44. The molecule has 6 heteroatoms. The van der Waals surface area contributed by atoms with Gasteiger partial charge < -0.3 is 14.5 Å². The molecule has 0 aliphatic carbocycles. The molecular weight excluding hydrogens is 320 g/mol. The number of carbonyl (C=O) groups excluding carboxylic acids is 1. The molecule has 25 heavy (non-hydrogen) atoms. The lowest BCUT2D eigenvalue weighted by Gasteiger charge is -2.04. The minimum atomic E-state index is -0.540. The molecule has 2 aromatic carbocycles. The van der Waals surface area contributed by atoms with Crippen LogP contribution in [0, 0.1) is 0 Å². The van der Waals surface area contributed by atoms with E-state index in [0.29, 0.717) is 22.5 Å². The van der Waals surface area contributed by atoms with E-state index in [1.54, 1.807) is 43.5 Å². The zero-order chi connectivity index (χ0) is 17.6. The summed E-state index contributed by atoms with van der Waals surface area (Å²) in [5.74, 6) is 0.413. The summed E-state index contributed by atoms with van der Waals surface area (Å²) in [5, 5.41) is 0.494. The molecule has 1 N–H and O–H groups in total. The zero-order valence-electron chi connectivity index (χ0n) is 13.6. The highest BCUT2D eigenvalue weighted by Crippen LogP contribution is 2.18. The fraction of sp³-hybridized carbons (Fsp3) is 0.105. The maximum Gasteiger partial charge on any atom is 0.331 e. The molecule has 0 fully saturated rings.